The molecule has 0 aromatic carbocycles. The van der Waals surface area contributed by atoms with Gasteiger partial charge in [-0.2, -0.15) is 0 Å². The van der Waals surface area contributed by atoms with E-state index in [1.807, 2.05) is 0 Å². The minimum Gasteiger partial charge on any atom is -0.465 e. The summed E-state index contributed by atoms with van der Waals surface area (Å²) in [6.45, 7) is 1.12. The second-order valence-electron chi connectivity index (χ2n) is 2.96. The first-order valence-electron chi connectivity index (χ1n) is 4.65. The van der Waals surface area contributed by atoms with Crippen LogP contribution in [0, 0.1) is 0 Å². The Balaban J connectivity index is 2.85. The minimum atomic E-state index is -0.422. The number of nitrogens with one attached hydrogen (secondary N) is 1. The second kappa shape index (κ2) is 6.44. The predicted molar refractivity (Wildman–Crippen MR) is 63.6 cm³/mol. The van der Waals surface area contributed by atoms with Gasteiger partial charge < -0.3 is 14.8 Å². The number of rotatable bonds is 5. The molecule has 1 heterocycles. The summed E-state index contributed by atoms with van der Waals surface area (Å²) >= 11 is 3.25. The second-order valence-corrected chi connectivity index (χ2v) is 3.88. The average Bonchev–Trinajstić information content (AvgIpc) is 2.30. The summed E-state index contributed by atoms with van der Waals surface area (Å²) in [6.07, 6.45) is 1.61. The summed E-state index contributed by atoms with van der Waals surface area (Å²) in [4.78, 5) is 15.6. The Morgan fingerprint density at radius 2 is 2.31 bits per heavy atom. The van der Waals surface area contributed by atoms with Gasteiger partial charge in [0.1, 0.15) is 11.4 Å². The van der Waals surface area contributed by atoms with Crippen molar-refractivity contribution in [1.82, 2.24) is 4.98 Å². The highest BCUT2D eigenvalue weighted by Gasteiger charge is 2.13. The van der Waals surface area contributed by atoms with E-state index < -0.39 is 5.97 Å². The minimum absolute atomic E-state index is 0.396. The summed E-state index contributed by atoms with van der Waals surface area (Å²) in [5.41, 5.74) is 0.396. The molecular weight excluding hydrogens is 276 g/mol. The maximum atomic E-state index is 11.5. The standard InChI is InChI=1S/C10H13BrN2O3/c1-15-4-3-12-9-8(10(14)16-2)5-7(11)6-13-9/h5-6H,3-4H2,1-2H3,(H,12,13). The molecule has 0 unspecified atom stereocenters. The van der Waals surface area contributed by atoms with E-state index >= 15 is 0 Å². The highest BCUT2D eigenvalue weighted by atomic mass is 79.9. The summed E-state index contributed by atoms with van der Waals surface area (Å²) in [5, 5.41) is 3.00. The molecule has 0 spiro atoms. The van der Waals surface area contributed by atoms with Crippen molar-refractivity contribution >= 4 is 27.7 Å². The molecule has 0 radical (unpaired) electrons. The van der Waals surface area contributed by atoms with Crippen molar-refractivity contribution in [3.63, 3.8) is 0 Å². The lowest BCUT2D eigenvalue weighted by atomic mass is 10.2. The number of pyridine rings is 1. The largest absolute Gasteiger partial charge is 0.465 e. The molecule has 16 heavy (non-hydrogen) atoms. The van der Waals surface area contributed by atoms with Crippen LogP contribution in [-0.2, 0) is 9.47 Å². The summed E-state index contributed by atoms with van der Waals surface area (Å²) < 4.78 is 10.3. The number of halogens is 1. The van der Waals surface area contributed by atoms with E-state index in [-0.39, 0.29) is 0 Å². The number of carbonyl (C=O) groups excluding carboxylic acids is 1. The smallest absolute Gasteiger partial charge is 0.341 e. The Morgan fingerprint density at radius 1 is 1.56 bits per heavy atom. The Kier molecular flexibility index (Phi) is 5.21. The van der Waals surface area contributed by atoms with Gasteiger partial charge in [-0.25, -0.2) is 9.78 Å². The number of ether oxygens (including phenoxy) is 2. The zero-order valence-electron chi connectivity index (χ0n) is 9.12. The van der Waals surface area contributed by atoms with E-state index in [1.165, 1.54) is 7.11 Å². The van der Waals surface area contributed by atoms with Crippen LogP contribution < -0.4 is 5.32 Å². The number of carbonyl (C=O) groups is 1. The number of esters is 1. The van der Waals surface area contributed by atoms with Gasteiger partial charge in [-0.1, -0.05) is 0 Å². The van der Waals surface area contributed by atoms with Gasteiger partial charge in [-0.15, -0.1) is 0 Å². The zero-order chi connectivity index (χ0) is 12.0. The maximum Gasteiger partial charge on any atom is 0.341 e. The van der Waals surface area contributed by atoms with E-state index in [1.54, 1.807) is 19.4 Å². The molecular formula is C10H13BrN2O3. The van der Waals surface area contributed by atoms with E-state index in [4.69, 9.17) is 4.74 Å². The number of anilines is 1. The molecule has 0 fully saturated rings. The molecule has 88 valence electrons. The number of hydrogen-bond donors (Lipinski definition) is 1. The molecule has 0 saturated carbocycles. The van der Waals surface area contributed by atoms with E-state index in [0.717, 1.165) is 4.47 Å². The molecule has 0 aliphatic heterocycles. The Morgan fingerprint density at radius 3 is 2.94 bits per heavy atom. The van der Waals surface area contributed by atoms with Gasteiger partial charge in [0.05, 0.1) is 13.7 Å². The fourth-order valence-corrected chi connectivity index (χ4v) is 1.45. The normalized spacial score (nSPS) is 9.94. The molecule has 1 aromatic rings. The Bertz CT molecular complexity index is 371. The van der Waals surface area contributed by atoms with Gasteiger partial charge in [-0.05, 0) is 22.0 Å². The van der Waals surface area contributed by atoms with Gasteiger partial charge in [-0.3, -0.25) is 0 Å². The maximum absolute atomic E-state index is 11.5. The third-order valence-corrected chi connectivity index (χ3v) is 2.29. The van der Waals surface area contributed by atoms with E-state index in [2.05, 4.69) is 31.0 Å². The predicted octanol–water partition coefficient (Wildman–Crippen LogP) is 1.69. The van der Waals surface area contributed by atoms with Gasteiger partial charge >= 0.3 is 5.97 Å². The van der Waals surface area contributed by atoms with Crippen molar-refractivity contribution < 1.29 is 14.3 Å². The molecule has 0 amide bonds. The molecule has 1 N–H and O–H groups in total. The van der Waals surface area contributed by atoms with Crippen LogP contribution in [0.3, 0.4) is 0 Å². The first-order valence-corrected chi connectivity index (χ1v) is 5.45. The molecule has 5 nitrogen and oxygen atoms in total. The molecule has 0 bridgehead atoms. The van der Waals surface area contributed by atoms with Crippen molar-refractivity contribution in [3.05, 3.63) is 22.3 Å². The fourth-order valence-electron chi connectivity index (χ4n) is 1.12. The first kappa shape index (κ1) is 12.9. The Labute approximate surface area is 102 Å². The summed E-state index contributed by atoms with van der Waals surface area (Å²) in [7, 11) is 2.94. The SMILES string of the molecule is COCCNc1ncc(Br)cc1C(=O)OC. The van der Waals surface area contributed by atoms with Crippen molar-refractivity contribution in [2.45, 2.75) is 0 Å². The monoisotopic (exact) mass is 288 g/mol. The lowest BCUT2D eigenvalue weighted by Crippen LogP contribution is -2.13. The quantitative estimate of drug-likeness (QED) is 0.660. The van der Waals surface area contributed by atoms with Crippen molar-refractivity contribution in [3.8, 4) is 0 Å². The molecule has 0 atom stereocenters. The van der Waals surface area contributed by atoms with Crippen LogP contribution in [0.2, 0.25) is 0 Å². The van der Waals surface area contributed by atoms with Gasteiger partial charge in [0.2, 0.25) is 0 Å². The third kappa shape index (κ3) is 3.46. The van der Waals surface area contributed by atoms with Crippen LogP contribution >= 0.6 is 15.9 Å². The first-order chi connectivity index (χ1) is 7.69. The highest BCUT2D eigenvalue weighted by Crippen LogP contribution is 2.18. The van der Waals surface area contributed by atoms with Crippen molar-refractivity contribution in [1.29, 1.82) is 0 Å². The summed E-state index contributed by atoms with van der Waals surface area (Å²) in [6, 6.07) is 1.66. The third-order valence-electron chi connectivity index (χ3n) is 1.86. The molecule has 0 aliphatic carbocycles. The van der Waals surface area contributed by atoms with Gasteiger partial charge in [0, 0.05) is 24.3 Å². The van der Waals surface area contributed by atoms with Crippen molar-refractivity contribution in [2.24, 2.45) is 0 Å². The lowest BCUT2D eigenvalue weighted by Gasteiger charge is -2.09. The fraction of sp³-hybridized carbons (Fsp3) is 0.400. The van der Waals surface area contributed by atoms with Crippen LogP contribution in [0.25, 0.3) is 0 Å². The molecule has 0 aliphatic rings. The van der Waals surface area contributed by atoms with Crippen LogP contribution in [0.4, 0.5) is 5.82 Å². The molecule has 1 rings (SSSR count). The lowest BCUT2D eigenvalue weighted by molar-refractivity contribution is 0.0601. The summed E-state index contributed by atoms with van der Waals surface area (Å²) in [5.74, 6) is 0.0702. The van der Waals surface area contributed by atoms with Gasteiger partial charge in [0.25, 0.3) is 0 Å². The van der Waals surface area contributed by atoms with E-state index in [9.17, 15) is 4.79 Å². The van der Waals surface area contributed by atoms with Crippen LogP contribution in [-0.4, -0.2) is 38.3 Å². The number of aromatic nitrogens is 1. The number of nitrogens with zero attached hydrogens (tertiary/aromatic N) is 1. The molecule has 1 aromatic heterocycles. The van der Waals surface area contributed by atoms with Gasteiger partial charge in [0.15, 0.2) is 0 Å². The zero-order valence-corrected chi connectivity index (χ0v) is 10.7. The molecule has 6 heteroatoms. The Hall–Kier alpha value is -1.14. The van der Waals surface area contributed by atoms with Crippen LogP contribution in [0.1, 0.15) is 10.4 Å². The van der Waals surface area contributed by atoms with Crippen LogP contribution in [0.15, 0.2) is 16.7 Å². The van der Waals surface area contributed by atoms with Crippen LogP contribution in [0.5, 0.6) is 0 Å². The van der Waals surface area contributed by atoms with E-state index in [0.29, 0.717) is 24.5 Å². The number of hydrogen-bond acceptors (Lipinski definition) is 5. The number of methoxy groups -OCH3 is 2. The topological polar surface area (TPSA) is 60.5 Å². The van der Waals surface area contributed by atoms with Crippen molar-refractivity contribution in [2.75, 3.05) is 32.7 Å². The average molecular weight is 289 g/mol. The molecule has 0 saturated heterocycles. The highest BCUT2D eigenvalue weighted by molar-refractivity contribution is 9.10.